The van der Waals surface area contributed by atoms with Gasteiger partial charge in [-0.15, -0.1) is 0 Å². The first-order chi connectivity index (χ1) is 10.7. The van der Waals surface area contributed by atoms with Crippen LogP contribution in [-0.2, 0) is 0 Å². The minimum atomic E-state index is -0.742. The van der Waals surface area contributed by atoms with Crippen molar-refractivity contribution in [3.8, 4) is 0 Å². The van der Waals surface area contributed by atoms with Crippen molar-refractivity contribution in [1.29, 1.82) is 0 Å². The second kappa shape index (κ2) is 6.36. The van der Waals surface area contributed by atoms with Crippen LogP contribution in [0.1, 0.15) is 32.1 Å². The van der Waals surface area contributed by atoms with E-state index < -0.39 is 5.60 Å². The molecule has 0 saturated heterocycles. The highest BCUT2D eigenvalue weighted by Crippen LogP contribution is 2.27. The molecule has 0 aromatic heterocycles. The van der Waals surface area contributed by atoms with Gasteiger partial charge in [0.1, 0.15) is 0 Å². The smallest absolute Gasteiger partial charge is 0.319 e. The Bertz CT molecular complexity index is 658. The summed E-state index contributed by atoms with van der Waals surface area (Å²) in [4.78, 5) is 12.1. The van der Waals surface area contributed by atoms with Crippen LogP contribution in [0.15, 0.2) is 42.5 Å². The largest absolute Gasteiger partial charge is 0.388 e. The molecule has 0 atom stereocenters. The lowest BCUT2D eigenvalue weighted by atomic mass is 9.85. The van der Waals surface area contributed by atoms with E-state index in [9.17, 15) is 9.90 Å². The normalized spacial score (nSPS) is 17.1. The van der Waals surface area contributed by atoms with E-state index in [1.807, 2.05) is 42.5 Å². The number of nitrogens with one attached hydrogen (secondary N) is 2. The van der Waals surface area contributed by atoms with Crippen LogP contribution in [0.4, 0.5) is 10.5 Å². The zero-order valence-electron chi connectivity index (χ0n) is 12.6. The summed E-state index contributed by atoms with van der Waals surface area (Å²) in [5.74, 6) is 0. The molecule has 2 amide bonds. The molecule has 0 radical (unpaired) electrons. The Morgan fingerprint density at radius 2 is 1.77 bits per heavy atom. The number of benzene rings is 2. The van der Waals surface area contributed by atoms with Gasteiger partial charge in [-0.3, -0.25) is 0 Å². The number of urea groups is 1. The minimum absolute atomic E-state index is 0.268. The lowest BCUT2D eigenvalue weighted by Crippen LogP contribution is -2.45. The molecular weight excluding hydrogens is 276 g/mol. The number of carbonyl (C=O) groups is 1. The molecule has 4 nitrogen and oxygen atoms in total. The van der Waals surface area contributed by atoms with Gasteiger partial charge in [-0.05, 0) is 24.3 Å². The van der Waals surface area contributed by atoms with Gasteiger partial charge < -0.3 is 15.7 Å². The zero-order chi connectivity index (χ0) is 15.4. The predicted molar refractivity (Wildman–Crippen MR) is 89.0 cm³/mol. The van der Waals surface area contributed by atoms with Crippen LogP contribution >= 0.6 is 0 Å². The maximum atomic E-state index is 12.1. The number of aliphatic hydroxyl groups is 1. The summed E-state index contributed by atoms with van der Waals surface area (Å²) in [6, 6.07) is 13.5. The van der Waals surface area contributed by atoms with E-state index in [0.29, 0.717) is 6.54 Å². The number of hydrogen-bond acceptors (Lipinski definition) is 2. The van der Waals surface area contributed by atoms with E-state index in [1.165, 1.54) is 6.42 Å². The van der Waals surface area contributed by atoms with Crippen molar-refractivity contribution in [1.82, 2.24) is 5.32 Å². The quantitative estimate of drug-likeness (QED) is 0.810. The van der Waals surface area contributed by atoms with Gasteiger partial charge in [0.05, 0.1) is 11.3 Å². The number of rotatable bonds is 3. The Balaban J connectivity index is 1.63. The topological polar surface area (TPSA) is 61.4 Å². The highest BCUT2D eigenvalue weighted by molar-refractivity contribution is 6.01. The molecule has 2 aromatic rings. The summed E-state index contributed by atoms with van der Waals surface area (Å²) < 4.78 is 0. The Hall–Kier alpha value is -2.07. The molecule has 1 aliphatic rings. The Labute approximate surface area is 130 Å². The average molecular weight is 298 g/mol. The first kappa shape index (κ1) is 14.9. The maximum Gasteiger partial charge on any atom is 0.319 e. The van der Waals surface area contributed by atoms with Gasteiger partial charge in [0.2, 0.25) is 0 Å². The minimum Gasteiger partial charge on any atom is -0.388 e. The van der Waals surface area contributed by atoms with Crippen LogP contribution in [0.2, 0.25) is 0 Å². The molecule has 0 unspecified atom stereocenters. The molecule has 0 spiro atoms. The van der Waals surface area contributed by atoms with Crippen molar-refractivity contribution in [3.05, 3.63) is 42.5 Å². The van der Waals surface area contributed by atoms with Gasteiger partial charge in [-0.1, -0.05) is 55.7 Å². The van der Waals surface area contributed by atoms with E-state index >= 15 is 0 Å². The summed E-state index contributed by atoms with van der Waals surface area (Å²) in [5.41, 5.74) is 0.0418. The van der Waals surface area contributed by atoms with Gasteiger partial charge in [0.25, 0.3) is 0 Å². The number of anilines is 1. The van der Waals surface area contributed by atoms with Crippen LogP contribution in [0, 0.1) is 0 Å². The zero-order valence-corrected chi connectivity index (χ0v) is 12.6. The van der Waals surface area contributed by atoms with Gasteiger partial charge in [-0.2, -0.15) is 0 Å². The average Bonchev–Trinajstić information content (AvgIpc) is 2.54. The summed E-state index contributed by atoms with van der Waals surface area (Å²) in [5, 5.41) is 18.2. The van der Waals surface area contributed by atoms with Crippen LogP contribution in [0.3, 0.4) is 0 Å². The van der Waals surface area contributed by atoms with E-state index in [1.54, 1.807) is 0 Å². The number of carbonyl (C=O) groups excluding carboxylic acids is 1. The third-order valence-corrected chi connectivity index (χ3v) is 4.40. The second-order valence-electron chi connectivity index (χ2n) is 6.12. The number of amides is 2. The Morgan fingerprint density at radius 1 is 1.05 bits per heavy atom. The van der Waals surface area contributed by atoms with Crippen LogP contribution < -0.4 is 10.6 Å². The molecule has 1 fully saturated rings. The summed E-state index contributed by atoms with van der Waals surface area (Å²) in [6.07, 6.45) is 4.76. The Morgan fingerprint density at radius 3 is 2.59 bits per heavy atom. The van der Waals surface area contributed by atoms with Crippen molar-refractivity contribution in [2.75, 3.05) is 11.9 Å². The molecule has 116 valence electrons. The van der Waals surface area contributed by atoms with Crippen LogP contribution in [0.5, 0.6) is 0 Å². The fraction of sp³-hybridized carbons (Fsp3) is 0.389. The first-order valence-electron chi connectivity index (χ1n) is 7.91. The lowest BCUT2D eigenvalue weighted by Gasteiger charge is -2.32. The van der Waals surface area contributed by atoms with E-state index in [-0.39, 0.29) is 6.03 Å². The summed E-state index contributed by atoms with van der Waals surface area (Å²) in [6.45, 7) is 0.309. The molecule has 3 rings (SSSR count). The molecule has 0 heterocycles. The first-order valence-corrected chi connectivity index (χ1v) is 7.91. The van der Waals surface area contributed by atoms with Crippen LogP contribution in [0.25, 0.3) is 10.8 Å². The van der Waals surface area contributed by atoms with Gasteiger partial charge in [0, 0.05) is 11.9 Å². The number of fused-ring (bicyclic) bond motifs is 1. The standard InChI is InChI=1S/C18H22N2O2/c21-17(19-13-18(22)11-4-1-5-12-18)20-16-10-6-8-14-7-2-3-9-15(14)16/h2-3,6-10,22H,1,4-5,11-13H2,(H2,19,20,21). The monoisotopic (exact) mass is 298 g/mol. The molecule has 4 heteroatoms. The number of hydrogen-bond donors (Lipinski definition) is 3. The molecule has 1 saturated carbocycles. The van der Waals surface area contributed by atoms with Gasteiger partial charge >= 0.3 is 6.03 Å². The van der Waals surface area contributed by atoms with Crippen molar-refractivity contribution in [2.45, 2.75) is 37.7 Å². The van der Waals surface area contributed by atoms with Crippen LogP contribution in [-0.4, -0.2) is 23.3 Å². The fourth-order valence-electron chi connectivity index (χ4n) is 3.13. The molecule has 2 aromatic carbocycles. The molecule has 22 heavy (non-hydrogen) atoms. The van der Waals surface area contributed by atoms with Crippen molar-refractivity contribution < 1.29 is 9.90 Å². The molecular formula is C18H22N2O2. The van der Waals surface area contributed by atoms with Crippen molar-refractivity contribution >= 4 is 22.5 Å². The summed E-state index contributed by atoms with van der Waals surface area (Å²) in [7, 11) is 0. The maximum absolute atomic E-state index is 12.1. The lowest BCUT2D eigenvalue weighted by molar-refractivity contribution is 0.00755. The molecule has 0 bridgehead atoms. The van der Waals surface area contributed by atoms with Gasteiger partial charge in [-0.25, -0.2) is 4.79 Å². The van der Waals surface area contributed by atoms with E-state index in [0.717, 1.165) is 42.1 Å². The molecule has 3 N–H and O–H groups in total. The van der Waals surface area contributed by atoms with E-state index in [2.05, 4.69) is 10.6 Å². The predicted octanol–water partition coefficient (Wildman–Crippen LogP) is 3.66. The van der Waals surface area contributed by atoms with Crippen molar-refractivity contribution in [3.63, 3.8) is 0 Å². The second-order valence-corrected chi connectivity index (χ2v) is 6.12. The Kier molecular flexibility index (Phi) is 4.29. The highest BCUT2D eigenvalue weighted by Gasteiger charge is 2.29. The summed E-state index contributed by atoms with van der Waals surface area (Å²) >= 11 is 0. The molecule has 1 aliphatic carbocycles. The fourth-order valence-corrected chi connectivity index (χ4v) is 3.13. The highest BCUT2D eigenvalue weighted by atomic mass is 16.3. The third kappa shape index (κ3) is 3.39. The van der Waals surface area contributed by atoms with E-state index in [4.69, 9.17) is 0 Å². The van der Waals surface area contributed by atoms with Gasteiger partial charge in [0.15, 0.2) is 0 Å². The SMILES string of the molecule is O=C(NCC1(O)CCCCC1)Nc1cccc2ccccc12. The van der Waals surface area contributed by atoms with Crippen molar-refractivity contribution in [2.24, 2.45) is 0 Å². The third-order valence-electron chi connectivity index (χ3n) is 4.40. The molecule has 0 aliphatic heterocycles.